The molecule has 3 aromatic rings. The number of ether oxygens (including phenoxy) is 2. The van der Waals surface area contributed by atoms with Gasteiger partial charge in [-0.1, -0.05) is 0 Å². The summed E-state index contributed by atoms with van der Waals surface area (Å²) in [4.78, 5) is 19.5. The van der Waals surface area contributed by atoms with Crippen LogP contribution >= 0.6 is 11.3 Å². The topological polar surface area (TPSA) is 56.1 Å². The van der Waals surface area contributed by atoms with Gasteiger partial charge in [0.05, 0.1) is 19.9 Å². The fourth-order valence-corrected chi connectivity index (χ4v) is 3.52. The summed E-state index contributed by atoms with van der Waals surface area (Å²) in [5, 5.41) is 1.87. The van der Waals surface area contributed by atoms with E-state index in [1.54, 1.807) is 30.9 Å². The largest absolute Gasteiger partial charge is 0.493 e. The Morgan fingerprint density at radius 2 is 1.88 bits per heavy atom. The van der Waals surface area contributed by atoms with Gasteiger partial charge >= 0.3 is 0 Å². The van der Waals surface area contributed by atoms with Crippen LogP contribution in [0.4, 0.5) is 0 Å². The number of fused-ring (bicyclic) bond motifs is 1. The second-order valence-corrected chi connectivity index (χ2v) is 6.82. The first-order valence-electron chi connectivity index (χ1n) is 7.87. The third-order valence-electron chi connectivity index (χ3n) is 4.07. The van der Waals surface area contributed by atoms with E-state index in [0.717, 1.165) is 34.1 Å². The summed E-state index contributed by atoms with van der Waals surface area (Å²) in [5.41, 5.74) is 3.00. The lowest BCUT2D eigenvalue weighted by Crippen LogP contribution is -2.21. The molecule has 0 radical (unpaired) electrons. The van der Waals surface area contributed by atoms with Crippen molar-refractivity contribution in [2.75, 3.05) is 21.3 Å². The minimum absolute atomic E-state index is 0.0445. The summed E-state index contributed by atoms with van der Waals surface area (Å²) in [6.07, 6.45) is 1.75. The lowest BCUT2D eigenvalue weighted by Gasteiger charge is -2.19. The molecular formula is C18H21N3O3S. The molecular weight excluding hydrogens is 338 g/mol. The first-order chi connectivity index (χ1) is 12.0. The van der Waals surface area contributed by atoms with Crippen LogP contribution in [0.1, 0.15) is 16.8 Å². The van der Waals surface area contributed by atoms with Gasteiger partial charge in [-0.2, -0.15) is 0 Å². The van der Waals surface area contributed by atoms with Gasteiger partial charge in [0.25, 0.3) is 5.56 Å². The summed E-state index contributed by atoms with van der Waals surface area (Å²) in [6, 6.07) is 5.57. The Morgan fingerprint density at radius 3 is 2.60 bits per heavy atom. The molecule has 1 aromatic carbocycles. The van der Waals surface area contributed by atoms with E-state index in [2.05, 4.69) is 9.88 Å². The van der Waals surface area contributed by atoms with E-state index in [-0.39, 0.29) is 5.56 Å². The van der Waals surface area contributed by atoms with E-state index in [9.17, 15) is 4.79 Å². The summed E-state index contributed by atoms with van der Waals surface area (Å²) in [7, 11) is 5.27. The number of hydrogen-bond acceptors (Lipinski definition) is 6. The van der Waals surface area contributed by atoms with Gasteiger partial charge in [0, 0.05) is 30.7 Å². The van der Waals surface area contributed by atoms with E-state index in [4.69, 9.17) is 9.47 Å². The van der Waals surface area contributed by atoms with E-state index in [1.807, 2.05) is 31.5 Å². The number of rotatable bonds is 6. The average molecular weight is 359 g/mol. The molecule has 0 saturated heterocycles. The van der Waals surface area contributed by atoms with Gasteiger partial charge in [0.2, 0.25) is 0 Å². The average Bonchev–Trinajstić information content (AvgIpc) is 3.05. The molecule has 0 N–H and O–H groups in total. The molecule has 25 heavy (non-hydrogen) atoms. The Bertz CT molecular complexity index is 948. The number of methoxy groups -OCH3 is 2. The van der Waals surface area contributed by atoms with Gasteiger partial charge in [0.1, 0.15) is 0 Å². The number of hydrogen-bond donors (Lipinski definition) is 0. The van der Waals surface area contributed by atoms with Crippen molar-refractivity contribution >= 4 is 16.3 Å². The highest BCUT2D eigenvalue weighted by Crippen LogP contribution is 2.30. The van der Waals surface area contributed by atoms with Crippen molar-refractivity contribution in [3.8, 4) is 11.5 Å². The monoisotopic (exact) mass is 359 g/mol. The molecule has 7 heteroatoms. The second-order valence-electron chi connectivity index (χ2n) is 5.95. The zero-order valence-corrected chi connectivity index (χ0v) is 15.6. The number of nitrogens with zero attached hydrogens (tertiary/aromatic N) is 3. The minimum Gasteiger partial charge on any atom is -0.493 e. The van der Waals surface area contributed by atoms with Crippen molar-refractivity contribution in [1.29, 1.82) is 0 Å². The third kappa shape index (κ3) is 3.67. The molecule has 0 fully saturated rings. The highest BCUT2D eigenvalue weighted by atomic mass is 32.1. The molecule has 6 nitrogen and oxygen atoms in total. The third-order valence-corrected chi connectivity index (χ3v) is 4.83. The molecule has 0 aliphatic heterocycles. The zero-order valence-electron chi connectivity index (χ0n) is 14.8. The number of thiazole rings is 1. The zero-order chi connectivity index (χ0) is 18.0. The first-order valence-corrected chi connectivity index (χ1v) is 8.75. The van der Waals surface area contributed by atoms with E-state index >= 15 is 0 Å². The molecule has 0 amide bonds. The standard InChI is InChI=1S/C18H21N3O3S/c1-12-7-15(23-3)16(24-4)8-13(12)10-20(2)11-14-9-17(22)21-5-6-25-18(21)19-14/h5-9H,10-11H2,1-4H3. The predicted molar refractivity (Wildman–Crippen MR) is 98.8 cm³/mol. The lowest BCUT2D eigenvalue weighted by atomic mass is 10.1. The molecule has 0 unspecified atom stereocenters. The van der Waals surface area contributed by atoms with E-state index < -0.39 is 0 Å². The molecule has 2 aromatic heterocycles. The first kappa shape index (κ1) is 17.4. The quantitative estimate of drug-likeness (QED) is 0.677. The van der Waals surface area contributed by atoms with Crippen LogP contribution in [-0.4, -0.2) is 35.6 Å². The van der Waals surface area contributed by atoms with Crippen LogP contribution in [0, 0.1) is 6.92 Å². The predicted octanol–water partition coefficient (Wildman–Crippen LogP) is 2.71. The van der Waals surface area contributed by atoms with Crippen LogP contribution in [0.15, 0.2) is 34.6 Å². The molecule has 2 heterocycles. The van der Waals surface area contributed by atoms with Crippen molar-refractivity contribution in [3.63, 3.8) is 0 Å². The summed E-state index contributed by atoms with van der Waals surface area (Å²) < 4.78 is 12.3. The Hall–Kier alpha value is -2.38. The molecule has 0 saturated carbocycles. The van der Waals surface area contributed by atoms with Gasteiger partial charge in [-0.3, -0.25) is 14.1 Å². The van der Waals surface area contributed by atoms with Crippen LogP contribution in [0.5, 0.6) is 11.5 Å². The molecule has 0 spiro atoms. The van der Waals surface area contributed by atoms with Crippen molar-refractivity contribution in [1.82, 2.24) is 14.3 Å². The van der Waals surface area contributed by atoms with Gasteiger partial charge in [-0.25, -0.2) is 4.98 Å². The summed E-state index contributed by atoms with van der Waals surface area (Å²) >= 11 is 1.46. The van der Waals surface area contributed by atoms with E-state index in [1.165, 1.54) is 11.3 Å². The SMILES string of the molecule is COc1cc(C)c(CN(C)Cc2cc(=O)n3ccsc3n2)cc1OC. The number of benzene rings is 1. The fraction of sp³-hybridized carbons (Fsp3) is 0.333. The summed E-state index contributed by atoms with van der Waals surface area (Å²) in [6.45, 7) is 3.36. The van der Waals surface area contributed by atoms with Crippen molar-refractivity contribution in [3.05, 3.63) is 57.0 Å². The molecule has 3 rings (SSSR count). The van der Waals surface area contributed by atoms with Gasteiger partial charge in [-0.15, -0.1) is 11.3 Å². The van der Waals surface area contributed by atoms with Crippen LogP contribution in [-0.2, 0) is 13.1 Å². The summed E-state index contributed by atoms with van der Waals surface area (Å²) in [5.74, 6) is 1.44. The maximum absolute atomic E-state index is 12.1. The Kier molecular flexibility index (Phi) is 5.06. The fourth-order valence-electron chi connectivity index (χ4n) is 2.79. The Labute approximate surface area is 150 Å². The van der Waals surface area contributed by atoms with Crippen molar-refractivity contribution < 1.29 is 9.47 Å². The van der Waals surface area contributed by atoms with Gasteiger partial charge in [-0.05, 0) is 37.2 Å². The highest BCUT2D eigenvalue weighted by molar-refractivity contribution is 7.15. The molecule has 0 aliphatic rings. The van der Waals surface area contributed by atoms with Crippen LogP contribution in [0.3, 0.4) is 0 Å². The molecule has 0 aliphatic carbocycles. The molecule has 0 bridgehead atoms. The van der Waals surface area contributed by atoms with Crippen molar-refractivity contribution in [2.24, 2.45) is 0 Å². The molecule has 132 valence electrons. The minimum atomic E-state index is -0.0445. The Morgan fingerprint density at radius 1 is 1.16 bits per heavy atom. The van der Waals surface area contributed by atoms with Gasteiger partial charge in [0.15, 0.2) is 16.5 Å². The van der Waals surface area contributed by atoms with Crippen molar-refractivity contribution in [2.45, 2.75) is 20.0 Å². The smallest absolute Gasteiger partial charge is 0.258 e. The lowest BCUT2D eigenvalue weighted by molar-refractivity contribution is 0.312. The second kappa shape index (κ2) is 7.25. The molecule has 0 atom stereocenters. The van der Waals surface area contributed by atoms with Gasteiger partial charge < -0.3 is 9.47 Å². The maximum atomic E-state index is 12.1. The number of aryl methyl sites for hydroxylation is 1. The number of aromatic nitrogens is 2. The highest BCUT2D eigenvalue weighted by Gasteiger charge is 2.12. The maximum Gasteiger partial charge on any atom is 0.258 e. The van der Waals surface area contributed by atoms with Crippen LogP contribution in [0.25, 0.3) is 4.96 Å². The van der Waals surface area contributed by atoms with Crippen LogP contribution < -0.4 is 15.0 Å². The Balaban J connectivity index is 1.79. The van der Waals surface area contributed by atoms with E-state index in [0.29, 0.717) is 12.3 Å². The van der Waals surface area contributed by atoms with Crippen LogP contribution in [0.2, 0.25) is 0 Å². The normalized spacial score (nSPS) is 11.2.